The second-order valence-electron chi connectivity index (χ2n) is 4.84. The SMILES string of the molecule is CCC(C)(C(N)c1ccoc1)N1CCOCC1. The van der Waals surface area contributed by atoms with Crippen molar-refractivity contribution in [3.8, 4) is 0 Å². The Kier molecular flexibility index (Phi) is 3.86. The summed E-state index contributed by atoms with van der Waals surface area (Å²) in [5.74, 6) is 0. The number of hydrogen-bond acceptors (Lipinski definition) is 4. The van der Waals surface area contributed by atoms with Crippen molar-refractivity contribution in [1.29, 1.82) is 0 Å². The van der Waals surface area contributed by atoms with E-state index in [1.54, 1.807) is 12.5 Å². The first-order chi connectivity index (χ1) is 8.18. The van der Waals surface area contributed by atoms with Gasteiger partial charge in [-0.2, -0.15) is 0 Å². The fraction of sp³-hybridized carbons (Fsp3) is 0.692. The Morgan fingerprint density at radius 1 is 1.47 bits per heavy atom. The van der Waals surface area contributed by atoms with Crippen LogP contribution in [-0.2, 0) is 4.74 Å². The molecule has 2 N–H and O–H groups in total. The van der Waals surface area contributed by atoms with E-state index in [4.69, 9.17) is 14.9 Å². The van der Waals surface area contributed by atoms with Crippen LogP contribution in [0.25, 0.3) is 0 Å². The minimum atomic E-state index is -0.0341. The van der Waals surface area contributed by atoms with Crippen LogP contribution in [0.5, 0.6) is 0 Å². The standard InChI is InChI=1S/C13H22N2O2/c1-3-13(2,15-5-8-16-9-6-15)12(14)11-4-7-17-10-11/h4,7,10,12H,3,5-6,8-9,14H2,1-2H3. The molecule has 0 spiro atoms. The monoisotopic (exact) mass is 238 g/mol. The van der Waals surface area contributed by atoms with Gasteiger partial charge in [0.25, 0.3) is 0 Å². The first-order valence-electron chi connectivity index (χ1n) is 6.29. The van der Waals surface area contributed by atoms with Crippen LogP contribution < -0.4 is 5.73 Å². The summed E-state index contributed by atoms with van der Waals surface area (Å²) in [5.41, 5.74) is 7.45. The summed E-state index contributed by atoms with van der Waals surface area (Å²) >= 11 is 0. The lowest BCUT2D eigenvalue weighted by Crippen LogP contribution is -2.56. The first-order valence-corrected chi connectivity index (χ1v) is 6.29. The summed E-state index contributed by atoms with van der Waals surface area (Å²) in [5, 5.41) is 0. The molecule has 1 fully saturated rings. The molecule has 2 atom stereocenters. The molecule has 0 saturated carbocycles. The highest BCUT2D eigenvalue weighted by molar-refractivity contribution is 5.17. The molecule has 0 aromatic carbocycles. The maximum absolute atomic E-state index is 6.42. The number of hydrogen-bond donors (Lipinski definition) is 1. The molecule has 96 valence electrons. The average Bonchev–Trinajstić information content (AvgIpc) is 2.92. The van der Waals surface area contributed by atoms with E-state index in [0.29, 0.717) is 0 Å². The predicted molar refractivity (Wildman–Crippen MR) is 66.7 cm³/mol. The molecular weight excluding hydrogens is 216 g/mol. The molecule has 2 heterocycles. The van der Waals surface area contributed by atoms with Crippen molar-refractivity contribution < 1.29 is 9.15 Å². The first kappa shape index (κ1) is 12.6. The minimum absolute atomic E-state index is 0.0238. The molecule has 0 radical (unpaired) electrons. The summed E-state index contributed by atoms with van der Waals surface area (Å²) < 4.78 is 10.5. The van der Waals surface area contributed by atoms with Crippen molar-refractivity contribution in [3.05, 3.63) is 24.2 Å². The Balaban J connectivity index is 2.17. The molecule has 0 aliphatic carbocycles. The van der Waals surface area contributed by atoms with E-state index < -0.39 is 0 Å². The third kappa shape index (κ3) is 2.39. The lowest BCUT2D eigenvalue weighted by Gasteiger charge is -2.46. The maximum atomic E-state index is 6.42. The smallest absolute Gasteiger partial charge is 0.0951 e. The number of ether oxygens (including phenoxy) is 1. The third-order valence-corrected chi connectivity index (χ3v) is 4.02. The highest BCUT2D eigenvalue weighted by Gasteiger charge is 2.38. The van der Waals surface area contributed by atoms with E-state index >= 15 is 0 Å². The quantitative estimate of drug-likeness (QED) is 0.868. The normalized spacial score (nSPS) is 23.2. The summed E-state index contributed by atoms with van der Waals surface area (Å²) in [4.78, 5) is 2.44. The molecule has 0 amide bonds. The number of rotatable bonds is 4. The lowest BCUT2D eigenvalue weighted by atomic mass is 9.84. The highest BCUT2D eigenvalue weighted by atomic mass is 16.5. The van der Waals surface area contributed by atoms with Crippen LogP contribution in [0.15, 0.2) is 23.0 Å². The average molecular weight is 238 g/mol. The van der Waals surface area contributed by atoms with Crippen molar-refractivity contribution in [2.45, 2.75) is 31.8 Å². The molecule has 2 rings (SSSR count). The van der Waals surface area contributed by atoms with Crippen LogP contribution in [-0.4, -0.2) is 36.7 Å². The van der Waals surface area contributed by atoms with E-state index in [1.165, 1.54) is 0 Å². The molecule has 1 aliphatic rings. The zero-order chi connectivity index (χ0) is 12.3. The van der Waals surface area contributed by atoms with Gasteiger partial charge in [-0.25, -0.2) is 0 Å². The molecule has 17 heavy (non-hydrogen) atoms. The largest absolute Gasteiger partial charge is 0.472 e. The Morgan fingerprint density at radius 2 is 2.18 bits per heavy atom. The minimum Gasteiger partial charge on any atom is -0.472 e. The third-order valence-electron chi connectivity index (χ3n) is 4.02. The van der Waals surface area contributed by atoms with Gasteiger partial charge in [0.2, 0.25) is 0 Å². The zero-order valence-corrected chi connectivity index (χ0v) is 10.7. The van der Waals surface area contributed by atoms with Crippen LogP contribution in [0.1, 0.15) is 31.9 Å². The Labute approximate surface area is 103 Å². The number of morpholine rings is 1. The molecule has 1 aromatic rings. The number of nitrogens with zero attached hydrogens (tertiary/aromatic N) is 1. The molecule has 4 heteroatoms. The van der Waals surface area contributed by atoms with Crippen molar-refractivity contribution in [3.63, 3.8) is 0 Å². The molecule has 1 aliphatic heterocycles. The summed E-state index contributed by atoms with van der Waals surface area (Å²) in [7, 11) is 0. The van der Waals surface area contributed by atoms with Crippen LogP contribution in [0, 0.1) is 0 Å². The second kappa shape index (κ2) is 5.21. The molecule has 4 nitrogen and oxygen atoms in total. The number of furan rings is 1. The number of nitrogens with two attached hydrogens (primary N) is 1. The molecule has 0 bridgehead atoms. The van der Waals surface area contributed by atoms with Gasteiger partial charge in [-0.05, 0) is 19.4 Å². The van der Waals surface area contributed by atoms with Crippen LogP contribution in [0.3, 0.4) is 0 Å². The van der Waals surface area contributed by atoms with Gasteiger partial charge in [-0.3, -0.25) is 4.90 Å². The molecular formula is C13H22N2O2. The van der Waals surface area contributed by atoms with Crippen LogP contribution >= 0.6 is 0 Å². The van der Waals surface area contributed by atoms with Gasteiger partial charge >= 0.3 is 0 Å². The van der Waals surface area contributed by atoms with Gasteiger partial charge < -0.3 is 14.9 Å². The van der Waals surface area contributed by atoms with Crippen molar-refractivity contribution in [2.75, 3.05) is 26.3 Å². The molecule has 1 aromatic heterocycles. The summed E-state index contributed by atoms with van der Waals surface area (Å²) in [6, 6.07) is 1.93. The highest BCUT2D eigenvalue weighted by Crippen LogP contribution is 2.33. The Hall–Kier alpha value is -0.840. The molecule has 1 saturated heterocycles. The van der Waals surface area contributed by atoms with Crippen molar-refractivity contribution >= 4 is 0 Å². The van der Waals surface area contributed by atoms with E-state index in [9.17, 15) is 0 Å². The second-order valence-corrected chi connectivity index (χ2v) is 4.84. The van der Waals surface area contributed by atoms with Gasteiger partial charge in [-0.15, -0.1) is 0 Å². The van der Waals surface area contributed by atoms with Gasteiger partial charge in [0.05, 0.1) is 31.8 Å². The molecule has 2 unspecified atom stereocenters. The fourth-order valence-electron chi connectivity index (χ4n) is 2.53. The zero-order valence-electron chi connectivity index (χ0n) is 10.7. The van der Waals surface area contributed by atoms with Gasteiger partial charge in [0.15, 0.2) is 0 Å². The van der Waals surface area contributed by atoms with Crippen LogP contribution in [0.2, 0.25) is 0 Å². The van der Waals surface area contributed by atoms with E-state index in [0.717, 1.165) is 38.3 Å². The van der Waals surface area contributed by atoms with Gasteiger partial charge in [0.1, 0.15) is 0 Å². The van der Waals surface area contributed by atoms with Crippen molar-refractivity contribution in [1.82, 2.24) is 4.90 Å². The van der Waals surface area contributed by atoms with Gasteiger partial charge in [-0.1, -0.05) is 6.92 Å². The fourth-order valence-corrected chi connectivity index (χ4v) is 2.53. The van der Waals surface area contributed by atoms with E-state index in [2.05, 4.69) is 18.7 Å². The van der Waals surface area contributed by atoms with Gasteiger partial charge in [0, 0.05) is 24.2 Å². The van der Waals surface area contributed by atoms with E-state index in [-0.39, 0.29) is 11.6 Å². The lowest BCUT2D eigenvalue weighted by molar-refractivity contribution is -0.0278. The van der Waals surface area contributed by atoms with Crippen LogP contribution in [0.4, 0.5) is 0 Å². The maximum Gasteiger partial charge on any atom is 0.0951 e. The summed E-state index contributed by atoms with van der Waals surface area (Å²) in [6.45, 7) is 7.93. The topological polar surface area (TPSA) is 51.6 Å². The summed E-state index contributed by atoms with van der Waals surface area (Å²) in [6.07, 6.45) is 4.45. The predicted octanol–water partition coefficient (Wildman–Crippen LogP) is 1.78. The Bertz CT molecular complexity index is 333. The Morgan fingerprint density at radius 3 is 2.71 bits per heavy atom. The van der Waals surface area contributed by atoms with E-state index in [1.807, 2.05) is 6.07 Å². The van der Waals surface area contributed by atoms with Crippen molar-refractivity contribution in [2.24, 2.45) is 5.73 Å².